The lowest BCUT2D eigenvalue weighted by atomic mass is 10.3. The van der Waals surface area contributed by atoms with Gasteiger partial charge >= 0.3 is 0 Å². The Labute approximate surface area is 178 Å². The molecule has 0 aromatic heterocycles. The third kappa shape index (κ3) is 15.1. The fourth-order valence-corrected chi connectivity index (χ4v) is 2.32. The van der Waals surface area contributed by atoms with Gasteiger partial charge in [-0.3, -0.25) is 10.1 Å². The molecule has 0 heterocycles. The second-order valence-electron chi connectivity index (χ2n) is 6.37. The van der Waals surface area contributed by atoms with Crippen molar-refractivity contribution in [2.24, 2.45) is 0 Å². The molecule has 0 saturated carbocycles. The first kappa shape index (κ1) is 26.3. The number of hydrogen-bond donors (Lipinski definition) is 0. The molecule has 0 unspecified atom stereocenters. The van der Waals surface area contributed by atoms with Crippen LogP contribution in [0.15, 0.2) is 24.3 Å². The van der Waals surface area contributed by atoms with Crippen LogP contribution in [-0.4, -0.2) is 77.6 Å². The molecule has 0 bridgehead atoms. The lowest BCUT2D eigenvalue weighted by molar-refractivity contribution is -0.384. The molecule has 172 valence electrons. The fourth-order valence-electron chi connectivity index (χ4n) is 2.32. The number of non-ortho nitro benzene ring substituents is 1. The van der Waals surface area contributed by atoms with E-state index in [2.05, 4.69) is 6.92 Å². The third-order valence-corrected chi connectivity index (χ3v) is 3.92. The molecule has 0 fully saturated rings. The fraction of sp³-hybridized carbons (Fsp3) is 0.714. The van der Waals surface area contributed by atoms with Crippen molar-refractivity contribution in [3.8, 4) is 5.75 Å². The first-order valence-electron chi connectivity index (χ1n) is 10.5. The summed E-state index contributed by atoms with van der Waals surface area (Å²) in [5, 5.41) is 10.6. The number of rotatable bonds is 21. The molecule has 9 heteroatoms. The normalized spacial score (nSPS) is 11.0. The monoisotopic (exact) mass is 429 g/mol. The van der Waals surface area contributed by atoms with E-state index in [0.717, 1.165) is 13.0 Å². The van der Waals surface area contributed by atoms with E-state index in [0.29, 0.717) is 71.8 Å². The summed E-state index contributed by atoms with van der Waals surface area (Å²) < 4.78 is 32.5. The predicted molar refractivity (Wildman–Crippen MR) is 112 cm³/mol. The Morgan fingerprint density at radius 2 is 1.10 bits per heavy atom. The second kappa shape index (κ2) is 19.2. The SMILES string of the molecule is CCCCCOCCOCCOCCOCCOCCOc1ccc([N+](=O)[O-])cc1. The maximum atomic E-state index is 10.6. The molecule has 0 saturated heterocycles. The van der Waals surface area contributed by atoms with Crippen LogP contribution in [0.5, 0.6) is 5.75 Å². The molecule has 0 amide bonds. The van der Waals surface area contributed by atoms with Crippen molar-refractivity contribution in [1.29, 1.82) is 0 Å². The van der Waals surface area contributed by atoms with Crippen molar-refractivity contribution in [2.75, 3.05) is 72.7 Å². The number of benzene rings is 1. The van der Waals surface area contributed by atoms with Gasteiger partial charge < -0.3 is 28.4 Å². The van der Waals surface area contributed by atoms with E-state index in [1.807, 2.05) is 0 Å². The van der Waals surface area contributed by atoms with Crippen LogP contribution in [0, 0.1) is 10.1 Å². The molecule has 30 heavy (non-hydrogen) atoms. The molecule has 1 aromatic carbocycles. The highest BCUT2D eigenvalue weighted by Gasteiger charge is 2.04. The Balaban J connectivity index is 1.76. The molecule has 0 radical (unpaired) electrons. The molecule has 0 spiro atoms. The first-order valence-corrected chi connectivity index (χ1v) is 10.5. The molecular formula is C21H35NO8. The van der Waals surface area contributed by atoms with E-state index in [9.17, 15) is 10.1 Å². The smallest absolute Gasteiger partial charge is 0.269 e. The van der Waals surface area contributed by atoms with Crippen molar-refractivity contribution in [3.63, 3.8) is 0 Å². The van der Waals surface area contributed by atoms with Crippen molar-refractivity contribution < 1.29 is 33.3 Å². The van der Waals surface area contributed by atoms with Crippen LogP contribution in [0.2, 0.25) is 0 Å². The van der Waals surface area contributed by atoms with Crippen molar-refractivity contribution in [3.05, 3.63) is 34.4 Å². The Hall–Kier alpha value is -1.78. The molecule has 0 atom stereocenters. The minimum atomic E-state index is -0.446. The van der Waals surface area contributed by atoms with E-state index in [-0.39, 0.29) is 5.69 Å². The van der Waals surface area contributed by atoms with E-state index in [4.69, 9.17) is 28.4 Å². The van der Waals surface area contributed by atoms with Gasteiger partial charge in [0.2, 0.25) is 0 Å². The molecule has 0 N–H and O–H groups in total. The first-order chi connectivity index (χ1) is 14.7. The van der Waals surface area contributed by atoms with E-state index in [1.165, 1.54) is 25.0 Å². The Kier molecular flexibility index (Phi) is 16.8. The highest BCUT2D eigenvalue weighted by molar-refractivity contribution is 5.35. The van der Waals surface area contributed by atoms with Gasteiger partial charge in [0.05, 0.1) is 64.4 Å². The average molecular weight is 430 g/mol. The van der Waals surface area contributed by atoms with Crippen LogP contribution in [0.4, 0.5) is 5.69 Å². The van der Waals surface area contributed by atoms with Crippen LogP contribution in [-0.2, 0) is 23.7 Å². The van der Waals surface area contributed by atoms with Crippen molar-refractivity contribution in [1.82, 2.24) is 0 Å². The van der Waals surface area contributed by atoms with Crippen LogP contribution >= 0.6 is 0 Å². The molecular weight excluding hydrogens is 394 g/mol. The van der Waals surface area contributed by atoms with Crippen LogP contribution < -0.4 is 4.74 Å². The summed E-state index contributed by atoms with van der Waals surface area (Å²) in [6.07, 6.45) is 3.53. The maximum absolute atomic E-state index is 10.6. The zero-order chi connectivity index (χ0) is 21.7. The standard InChI is InChI=1S/C21H35NO8/c1-2-3-4-9-25-10-11-26-12-13-27-14-15-28-16-17-29-18-19-30-21-7-5-20(6-8-21)22(23)24/h5-8H,2-4,9-19H2,1H3. The molecule has 0 aliphatic heterocycles. The van der Waals surface area contributed by atoms with Gasteiger partial charge in [0.15, 0.2) is 0 Å². The Morgan fingerprint density at radius 3 is 1.53 bits per heavy atom. The molecule has 9 nitrogen and oxygen atoms in total. The molecule has 1 aromatic rings. The Bertz CT molecular complexity index is 526. The van der Waals surface area contributed by atoms with Crippen LogP contribution in [0.25, 0.3) is 0 Å². The van der Waals surface area contributed by atoms with E-state index >= 15 is 0 Å². The van der Waals surface area contributed by atoms with Crippen LogP contribution in [0.3, 0.4) is 0 Å². The number of hydrogen-bond acceptors (Lipinski definition) is 8. The zero-order valence-electron chi connectivity index (χ0n) is 17.9. The van der Waals surface area contributed by atoms with Gasteiger partial charge in [-0.2, -0.15) is 0 Å². The van der Waals surface area contributed by atoms with Gasteiger partial charge in [0.25, 0.3) is 5.69 Å². The van der Waals surface area contributed by atoms with Gasteiger partial charge in [-0.25, -0.2) is 0 Å². The number of ether oxygens (including phenoxy) is 6. The summed E-state index contributed by atoms with van der Waals surface area (Å²) in [5.41, 5.74) is 0.0371. The van der Waals surface area contributed by atoms with Crippen molar-refractivity contribution in [2.45, 2.75) is 26.2 Å². The van der Waals surface area contributed by atoms with Gasteiger partial charge in [0.1, 0.15) is 12.4 Å². The van der Waals surface area contributed by atoms with Gasteiger partial charge in [-0.15, -0.1) is 0 Å². The van der Waals surface area contributed by atoms with Crippen molar-refractivity contribution >= 4 is 5.69 Å². The summed E-state index contributed by atoms with van der Waals surface area (Å²) in [5.74, 6) is 0.570. The lowest BCUT2D eigenvalue weighted by Crippen LogP contribution is -2.14. The summed E-state index contributed by atoms with van der Waals surface area (Å²) in [6.45, 7) is 8.03. The van der Waals surface area contributed by atoms with Crippen LogP contribution in [0.1, 0.15) is 26.2 Å². The summed E-state index contributed by atoms with van der Waals surface area (Å²) >= 11 is 0. The number of nitrogens with zero attached hydrogens (tertiary/aromatic N) is 1. The molecule has 0 aliphatic rings. The van der Waals surface area contributed by atoms with E-state index in [1.54, 1.807) is 12.1 Å². The Morgan fingerprint density at radius 1 is 0.667 bits per heavy atom. The second-order valence-corrected chi connectivity index (χ2v) is 6.37. The molecule has 0 aliphatic carbocycles. The summed E-state index contributed by atoms with van der Waals surface area (Å²) in [7, 11) is 0. The summed E-state index contributed by atoms with van der Waals surface area (Å²) in [6, 6.07) is 5.94. The number of nitro benzene ring substituents is 1. The largest absolute Gasteiger partial charge is 0.491 e. The van der Waals surface area contributed by atoms with E-state index < -0.39 is 4.92 Å². The lowest BCUT2D eigenvalue weighted by Gasteiger charge is -2.08. The number of nitro groups is 1. The third-order valence-electron chi connectivity index (χ3n) is 3.92. The van der Waals surface area contributed by atoms with Gasteiger partial charge in [-0.1, -0.05) is 19.8 Å². The highest BCUT2D eigenvalue weighted by atomic mass is 16.6. The van der Waals surface area contributed by atoms with Gasteiger partial charge in [-0.05, 0) is 18.6 Å². The average Bonchev–Trinajstić information content (AvgIpc) is 2.75. The quantitative estimate of drug-likeness (QED) is 0.167. The minimum Gasteiger partial charge on any atom is -0.491 e. The summed E-state index contributed by atoms with van der Waals surface area (Å²) in [4.78, 5) is 10.1. The zero-order valence-corrected chi connectivity index (χ0v) is 17.9. The predicted octanol–water partition coefficient (Wildman–Crippen LogP) is 3.25. The van der Waals surface area contributed by atoms with Gasteiger partial charge in [0, 0.05) is 18.7 Å². The minimum absolute atomic E-state index is 0.0371. The highest BCUT2D eigenvalue weighted by Crippen LogP contribution is 2.16. The molecule has 1 rings (SSSR count). The number of unbranched alkanes of at least 4 members (excludes halogenated alkanes) is 2. The topological polar surface area (TPSA) is 98.5 Å². The maximum Gasteiger partial charge on any atom is 0.269 e.